The Morgan fingerprint density at radius 1 is 0.920 bits per heavy atom. The molecule has 1 fully saturated rings. The highest BCUT2D eigenvalue weighted by Crippen LogP contribution is 2.28. The fourth-order valence-electron chi connectivity index (χ4n) is 3.01. The number of urea groups is 1. The summed E-state index contributed by atoms with van der Waals surface area (Å²) in [5, 5.41) is 5.82. The Hall–Kier alpha value is -2.73. The van der Waals surface area contributed by atoms with E-state index in [9.17, 15) is 4.79 Å². The standard InChI is InChI=1S/C19H24N4O2/c1-25-22-16-11-9-15(10-12-16)20-19(24)21-17-7-3-4-8-18(17)23-13-5-2-6-14-23/h3-4,7-12,22H,2,5-6,13-14H2,1H3,(H2,20,21,24). The van der Waals surface area contributed by atoms with Gasteiger partial charge in [0, 0.05) is 18.8 Å². The summed E-state index contributed by atoms with van der Waals surface area (Å²) in [6.07, 6.45) is 3.67. The van der Waals surface area contributed by atoms with Gasteiger partial charge in [0.2, 0.25) is 0 Å². The van der Waals surface area contributed by atoms with E-state index < -0.39 is 0 Å². The van der Waals surface area contributed by atoms with E-state index >= 15 is 0 Å². The molecular formula is C19H24N4O2. The number of hydrogen-bond donors (Lipinski definition) is 3. The second kappa shape index (κ2) is 8.39. The van der Waals surface area contributed by atoms with Crippen LogP contribution < -0.4 is 21.0 Å². The predicted octanol–water partition coefficient (Wildman–Crippen LogP) is 4.29. The largest absolute Gasteiger partial charge is 0.370 e. The van der Waals surface area contributed by atoms with Crippen molar-refractivity contribution in [3.05, 3.63) is 48.5 Å². The van der Waals surface area contributed by atoms with Crippen LogP contribution >= 0.6 is 0 Å². The number of hydrogen-bond acceptors (Lipinski definition) is 4. The molecule has 0 saturated carbocycles. The molecule has 25 heavy (non-hydrogen) atoms. The zero-order valence-corrected chi connectivity index (χ0v) is 14.4. The number of amides is 2. The number of para-hydroxylation sites is 2. The molecule has 0 spiro atoms. The molecule has 0 atom stereocenters. The lowest BCUT2D eigenvalue weighted by atomic mass is 10.1. The minimum atomic E-state index is -0.253. The molecule has 2 aromatic carbocycles. The Balaban J connectivity index is 1.64. The highest BCUT2D eigenvalue weighted by atomic mass is 16.6. The molecule has 2 aromatic rings. The van der Waals surface area contributed by atoms with E-state index in [0.29, 0.717) is 0 Å². The van der Waals surface area contributed by atoms with Gasteiger partial charge in [-0.1, -0.05) is 12.1 Å². The third-order valence-corrected chi connectivity index (χ3v) is 4.21. The predicted molar refractivity (Wildman–Crippen MR) is 102 cm³/mol. The van der Waals surface area contributed by atoms with Gasteiger partial charge in [0.1, 0.15) is 0 Å². The number of carbonyl (C=O) groups is 1. The van der Waals surface area contributed by atoms with Gasteiger partial charge < -0.3 is 15.5 Å². The molecule has 132 valence electrons. The average Bonchev–Trinajstić information content (AvgIpc) is 2.65. The van der Waals surface area contributed by atoms with Crippen LogP contribution in [0.25, 0.3) is 0 Å². The van der Waals surface area contributed by atoms with Crippen LogP contribution in [0, 0.1) is 0 Å². The van der Waals surface area contributed by atoms with Crippen molar-refractivity contribution in [1.82, 2.24) is 0 Å². The number of benzene rings is 2. The molecule has 3 N–H and O–H groups in total. The Labute approximate surface area is 148 Å². The minimum absolute atomic E-state index is 0.253. The van der Waals surface area contributed by atoms with Crippen molar-refractivity contribution in [3.63, 3.8) is 0 Å². The first-order valence-electron chi connectivity index (χ1n) is 8.57. The average molecular weight is 340 g/mol. The fourth-order valence-corrected chi connectivity index (χ4v) is 3.01. The van der Waals surface area contributed by atoms with Crippen molar-refractivity contribution in [2.45, 2.75) is 19.3 Å². The third-order valence-electron chi connectivity index (χ3n) is 4.21. The van der Waals surface area contributed by atoms with Gasteiger partial charge in [-0.2, -0.15) is 0 Å². The van der Waals surface area contributed by atoms with E-state index in [2.05, 4.69) is 27.1 Å². The van der Waals surface area contributed by atoms with Crippen molar-refractivity contribution in [2.24, 2.45) is 0 Å². The van der Waals surface area contributed by atoms with Crippen LogP contribution in [0.5, 0.6) is 0 Å². The lowest BCUT2D eigenvalue weighted by molar-refractivity contribution is 0.262. The van der Waals surface area contributed by atoms with Crippen LogP contribution in [0.3, 0.4) is 0 Å². The van der Waals surface area contributed by atoms with Crippen molar-refractivity contribution < 1.29 is 9.63 Å². The molecule has 6 heteroatoms. The molecule has 2 amide bonds. The Bertz CT molecular complexity index is 697. The van der Waals surface area contributed by atoms with E-state index in [1.807, 2.05) is 42.5 Å². The number of rotatable bonds is 5. The van der Waals surface area contributed by atoms with Crippen molar-refractivity contribution in [2.75, 3.05) is 41.2 Å². The minimum Gasteiger partial charge on any atom is -0.370 e. The molecule has 0 bridgehead atoms. The van der Waals surface area contributed by atoms with Crippen molar-refractivity contribution >= 4 is 28.8 Å². The van der Waals surface area contributed by atoms with Gasteiger partial charge in [0.15, 0.2) is 0 Å². The molecular weight excluding hydrogens is 316 g/mol. The molecule has 3 rings (SSSR count). The molecule has 1 heterocycles. The summed E-state index contributed by atoms with van der Waals surface area (Å²) < 4.78 is 0. The lowest BCUT2D eigenvalue weighted by Gasteiger charge is -2.30. The number of piperidine rings is 1. The maximum atomic E-state index is 12.3. The summed E-state index contributed by atoms with van der Waals surface area (Å²) in [5.41, 5.74) is 6.19. The van der Waals surface area contributed by atoms with Crippen molar-refractivity contribution in [3.8, 4) is 0 Å². The molecule has 0 aromatic heterocycles. The molecule has 1 aliphatic rings. The summed E-state index contributed by atoms with van der Waals surface area (Å²) in [5.74, 6) is 0. The molecule has 0 radical (unpaired) electrons. The Morgan fingerprint density at radius 3 is 2.32 bits per heavy atom. The van der Waals surface area contributed by atoms with Gasteiger partial charge in [0.05, 0.1) is 24.2 Å². The van der Waals surface area contributed by atoms with Crippen LogP contribution in [0.1, 0.15) is 19.3 Å². The van der Waals surface area contributed by atoms with Crippen LogP contribution in [-0.2, 0) is 4.84 Å². The van der Waals surface area contributed by atoms with Gasteiger partial charge in [-0.3, -0.25) is 10.3 Å². The first-order chi connectivity index (χ1) is 12.3. The van der Waals surface area contributed by atoms with E-state index in [-0.39, 0.29) is 6.03 Å². The quantitative estimate of drug-likeness (QED) is 0.710. The summed E-state index contributed by atoms with van der Waals surface area (Å²) in [6.45, 7) is 2.07. The molecule has 1 saturated heterocycles. The topological polar surface area (TPSA) is 65.6 Å². The van der Waals surface area contributed by atoms with Crippen LogP contribution in [-0.4, -0.2) is 26.2 Å². The third kappa shape index (κ3) is 4.64. The number of carbonyl (C=O) groups excluding carboxylic acids is 1. The number of nitrogens with one attached hydrogen (secondary N) is 3. The molecule has 6 nitrogen and oxygen atoms in total. The highest BCUT2D eigenvalue weighted by molar-refractivity contribution is 6.01. The van der Waals surface area contributed by atoms with E-state index in [4.69, 9.17) is 4.84 Å². The summed E-state index contributed by atoms with van der Waals surface area (Å²) >= 11 is 0. The van der Waals surface area contributed by atoms with Crippen molar-refractivity contribution in [1.29, 1.82) is 0 Å². The summed E-state index contributed by atoms with van der Waals surface area (Å²) in [4.78, 5) is 19.5. The smallest absolute Gasteiger partial charge is 0.323 e. The maximum Gasteiger partial charge on any atom is 0.323 e. The van der Waals surface area contributed by atoms with Gasteiger partial charge >= 0.3 is 6.03 Å². The summed E-state index contributed by atoms with van der Waals surface area (Å²) in [7, 11) is 1.55. The van der Waals surface area contributed by atoms with Gasteiger partial charge in [-0.25, -0.2) is 4.79 Å². The van der Waals surface area contributed by atoms with Crippen LogP contribution in [0.15, 0.2) is 48.5 Å². The van der Waals surface area contributed by atoms with Gasteiger partial charge in [-0.05, 0) is 55.7 Å². The SMILES string of the molecule is CONc1ccc(NC(=O)Nc2ccccc2N2CCCCC2)cc1. The fraction of sp³-hybridized carbons (Fsp3) is 0.316. The van der Waals surface area contributed by atoms with Crippen LogP contribution in [0.2, 0.25) is 0 Å². The van der Waals surface area contributed by atoms with E-state index in [0.717, 1.165) is 35.8 Å². The number of anilines is 4. The molecule has 0 aliphatic carbocycles. The van der Waals surface area contributed by atoms with Gasteiger partial charge in [0.25, 0.3) is 0 Å². The first kappa shape index (κ1) is 17.1. The normalized spacial score (nSPS) is 14.0. The molecule has 0 unspecified atom stereocenters. The van der Waals surface area contributed by atoms with E-state index in [1.165, 1.54) is 19.3 Å². The zero-order valence-electron chi connectivity index (χ0n) is 14.4. The second-order valence-electron chi connectivity index (χ2n) is 6.03. The van der Waals surface area contributed by atoms with E-state index in [1.54, 1.807) is 7.11 Å². The highest BCUT2D eigenvalue weighted by Gasteiger charge is 2.15. The Kier molecular flexibility index (Phi) is 5.74. The summed E-state index contributed by atoms with van der Waals surface area (Å²) in [6, 6.07) is 15.0. The Morgan fingerprint density at radius 2 is 1.60 bits per heavy atom. The van der Waals surface area contributed by atoms with Crippen LogP contribution in [0.4, 0.5) is 27.5 Å². The monoisotopic (exact) mass is 340 g/mol. The second-order valence-corrected chi connectivity index (χ2v) is 6.03. The maximum absolute atomic E-state index is 12.3. The van der Waals surface area contributed by atoms with Gasteiger partial charge in [-0.15, -0.1) is 0 Å². The lowest BCUT2D eigenvalue weighted by Crippen LogP contribution is -2.30. The number of nitrogens with zero attached hydrogens (tertiary/aromatic N) is 1. The first-order valence-corrected chi connectivity index (χ1v) is 8.57. The molecule has 1 aliphatic heterocycles. The zero-order chi connectivity index (χ0) is 17.5.